The molecule has 174 valence electrons. The summed E-state index contributed by atoms with van der Waals surface area (Å²) in [6.45, 7) is 3.99. The van der Waals surface area contributed by atoms with Crippen LogP contribution in [0.25, 0.3) is 0 Å². The van der Waals surface area contributed by atoms with Gasteiger partial charge in [0.1, 0.15) is 0 Å². The number of rotatable bonds is 2. The minimum Gasteiger partial charge on any atom is -0.454 e. The quantitative estimate of drug-likeness (QED) is 0.608. The summed E-state index contributed by atoms with van der Waals surface area (Å²) in [6.07, 6.45) is -3.94. The molecule has 0 saturated heterocycles. The van der Waals surface area contributed by atoms with Crippen molar-refractivity contribution in [1.29, 1.82) is 0 Å². The Morgan fingerprint density at radius 2 is 1.81 bits per heavy atom. The lowest BCUT2D eigenvalue weighted by Crippen LogP contribution is -2.30. The van der Waals surface area contributed by atoms with Gasteiger partial charge in [0.2, 0.25) is 16.8 Å². The average Bonchev–Trinajstić information content (AvgIpc) is 3.07. The van der Waals surface area contributed by atoms with Crippen LogP contribution in [0.15, 0.2) is 35.2 Å². The van der Waals surface area contributed by atoms with E-state index in [-0.39, 0.29) is 17.6 Å². The third kappa shape index (κ3) is 5.14. The van der Waals surface area contributed by atoms with Gasteiger partial charge < -0.3 is 20.5 Å². The van der Waals surface area contributed by atoms with E-state index in [0.717, 1.165) is 42.1 Å². The smallest absolute Gasteiger partial charge is 0.454 e. The highest BCUT2D eigenvalue weighted by Gasteiger charge is 2.35. The topological polar surface area (TPSA) is 134 Å². The first-order valence-corrected chi connectivity index (χ1v) is 11.1. The van der Waals surface area contributed by atoms with Crippen LogP contribution >= 0.6 is 0 Å². The number of primary amides is 1. The second-order valence-corrected chi connectivity index (χ2v) is 8.85. The van der Waals surface area contributed by atoms with Crippen molar-refractivity contribution >= 4 is 15.9 Å². The van der Waals surface area contributed by atoms with Gasteiger partial charge in [0.15, 0.2) is 11.5 Å². The van der Waals surface area contributed by atoms with Gasteiger partial charge >= 0.3 is 12.1 Å². The molecule has 12 heteroatoms. The van der Waals surface area contributed by atoms with Crippen molar-refractivity contribution in [2.24, 2.45) is 10.9 Å². The number of carbonyl (C=O) groups is 1. The Kier molecular flexibility index (Phi) is 6.67. The maximum Gasteiger partial charge on any atom is 0.470 e. The molecule has 8 nitrogen and oxygen atoms in total. The van der Waals surface area contributed by atoms with Gasteiger partial charge in [-0.15, -0.1) is 0 Å². The van der Waals surface area contributed by atoms with Gasteiger partial charge in [-0.05, 0) is 60.3 Å². The number of benzene rings is 2. The van der Waals surface area contributed by atoms with Crippen LogP contribution in [0.1, 0.15) is 28.2 Å². The van der Waals surface area contributed by atoms with Crippen molar-refractivity contribution < 1.29 is 35.9 Å². The molecule has 2 aromatic carbocycles. The molecule has 0 saturated carbocycles. The molecule has 4 rings (SSSR count). The number of halogens is 3. The fraction of sp³-hybridized carbons (Fsp3) is 0.350. The van der Waals surface area contributed by atoms with Gasteiger partial charge in [0, 0.05) is 12.5 Å². The van der Waals surface area contributed by atoms with Crippen molar-refractivity contribution in [3.05, 3.63) is 52.6 Å². The normalized spacial score (nSPS) is 17.6. The number of carbonyl (C=O) groups excluding carboxylic acids is 1. The lowest BCUT2D eigenvalue weighted by Gasteiger charge is -2.20. The van der Waals surface area contributed by atoms with E-state index in [0.29, 0.717) is 0 Å². The summed E-state index contributed by atoms with van der Waals surface area (Å²) in [5, 5.41) is 8.66. The molecule has 0 aliphatic carbocycles. The molecule has 0 fully saturated rings. The van der Waals surface area contributed by atoms with Crippen molar-refractivity contribution in [3.63, 3.8) is 0 Å². The summed E-state index contributed by atoms with van der Waals surface area (Å²) >= 11 is 0. The van der Waals surface area contributed by atoms with E-state index < -0.39 is 22.1 Å². The van der Waals surface area contributed by atoms with Crippen LogP contribution in [0.2, 0.25) is 0 Å². The number of ether oxygens (including phenoxy) is 2. The number of primary sulfonamides is 1. The van der Waals surface area contributed by atoms with E-state index in [1.54, 1.807) is 12.1 Å². The standard InChI is InChI=1S/C18H20N2O4S.C2H2F3NO/c1-11-14-6-7-20-9-16(15(14)8-17-18(11)24-10-23-17)12-2-4-13(5-3-12)25(19,21)22;3-2(4,5)1(6)7/h2-5,8,16,20H,6-7,9-10H2,1H3,(H2,19,21,22);(H2,6,7). The van der Waals surface area contributed by atoms with Crippen LogP contribution in [0.4, 0.5) is 13.2 Å². The van der Waals surface area contributed by atoms with Crippen molar-refractivity contribution in [2.45, 2.75) is 30.3 Å². The fourth-order valence-corrected chi connectivity index (χ4v) is 4.19. The van der Waals surface area contributed by atoms with Crippen molar-refractivity contribution in [2.75, 3.05) is 19.9 Å². The maximum atomic E-state index is 11.5. The first-order chi connectivity index (χ1) is 14.9. The SMILES string of the molecule is Cc1c2c(cc3c1OCO3)C(c1ccc(S(N)(=O)=O)cc1)CNCC2.NC(=O)C(F)(F)F. The lowest BCUT2D eigenvalue weighted by atomic mass is 9.86. The molecule has 2 aromatic rings. The van der Waals surface area contributed by atoms with Gasteiger partial charge in [0.25, 0.3) is 0 Å². The molecule has 2 aliphatic rings. The van der Waals surface area contributed by atoms with Gasteiger partial charge in [-0.25, -0.2) is 13.6 Å². The van der Waals surface area contributed by atoms with Crippen LogP contribution in [0, 0.1) is 6.92 Å². The fourth-order valence-electron chi connectivity index (χ4n) is 3.67. The Balaban J connectivity index is 0.000000360. The molecular weight excluding hydrogens is 451 g/mol. The van der Waals surface area contributed by atoms with E-state index in [1.165, 1.54) is 11.1 Å². The highest BCUT2D eigenvalue weighted by Crippen LogP contribution is 2.43. The van der Waals surface area contributed by atoms with Gasteiger partial charge in [-0.2, -0.15) is 13.2 Å². The van der Waals surface area contributed by atoms with E-state index in [1.807, 2.05) is 12.1 Å². The minimum atomic E-state index is -4.86. The van der Waals surface area contributed by atoms with Crippen LogP contribution in [-0.4, -0.2) is 40.4 Å². The van der Waals surface area contributed by atoms with E-state index in [2.05, 4.69) is 24.0 Å². The van der Waals surface area contributed by atoms with Gasteiger partial charge in [-0.1, -0.05) is 12.1 Å². The number of hydrogen-bond acceptors (Lipinski definition) is 6. The first-order valence-electron chi connectivity index (χ1n) is 9.51. The average molecular weight is 473 g/mol. The molecule has 0 radical (unpaired) electrons. The Labute approximate surface area is 182 Å². The zero-order valence-electron chi connectivity index (χ0n) is 17.0. The molecule has 32 heavy (non-hydrogen) atoms. The Morgan fingerprint density at radius 1 is 1.19 bits per heavy atom. The first kappa shape index (κ1) is 23.8. The molecule has 0 aromatic heterocycles. The third-order valence-electron chi connectivity index (χ3n) is 5.24. The summed E-state index contributed by atoms with van der Waals surface area (Å²) in [5.41, 5.74) is 8.45. The number of alkyl halides is 3. The van der Waals surface area contributed by atoms with Gasteiger partial charge in [0.05, 0.1) is 4.90 Å². The summed E-state index contributed by atoms with van der Waals surface area (Å²) in [7, 11) is -3.68. The molecule has 0 spiro atoms. The number of nitrogens with two attached hydrogens (primary N) is 2. The monoisotopic (exact) mass is 473 g/mol. The molecule has 5 N–H and O–H groups in total. The summed E-state index contributed by atoms with van der Waals surface area (Å²) < 4.78 is 66.3. The van der Waals surface area contributed by atoms with Crippen molar-refractivity contribution in [3.8, 4) is 11.5 Å². The van der Waals surface area contributed by atoms with Crippen LogP contribution in [0.5, 0.6) is 11.5 Å². The maximum absolute atomic E-state index is 11.5. The number of nitrogens with one attached hydrogen (secondary N) is 1. The number of fused-ring (bicyclic) bond motifs is 2. The predicted octanol–water partition coefficient (Wildman–Crippen LogP) is 1.68. The summed E-state index contributed by atoms with van der Waals surface area (Å²) in [4.78, 5) is 9.24. The Morgan fingerprint density at radius 3 is 2.38 bits per heavy atom. The van der Waals surface area contributed by atoms with E-state index in [9.17, 15) is 21.6 Å². The van der Waals surface area contributed by atoms with Crippen LogP contribution in [0.3, 0.4) is 0 Å². The summed E-state index contributed by atoms with van der Waals surface area (Å²) in [6, 6.07) is 8.86. The zero-order valence-corrected chi connectivity index (χ0v) is 17.8. The highest BCUT2D eigenvalue weighted by molar-refractivity contribution is 7.89. The largest absolute Gasteiger partial charge is 0.470 e. The van der Waals surface area contributed by atoms with Gasteiger partial charge in [-0.3, -0.25) is 4.79 Å². The molecule has 1 atom stereocenters. The highest BCUT2D eigenvalue weighted by atomic mass is 32.2. The Bertz CT molecular complexity index is 1120. The molecular formula is C20H22F3N3O5S. The number of sulfonamides is 1. The van der Waals surface area contributed by atoms with Crippen molar-refractivity contribution in [1.82, 2.24) is 5.32 Å². The van der Waals surface area contributed by atoms with E-state index in [4.69, 9.17) is 19.4 Å². The molecule has 1 unspecified atom stereocenters. The van der Waals surface area contributed by atoms with Crippen LogP contribution in [-0.2, 0) is 21.2 Å². The Hall–Kier alpha value is -2.83. The van der Waals surface area contributed by atoms with Crippen LogP contribution < -0.4 is 25.7 Å². The zero-order chi connectivity index (χ0) is 23.7. The molecule has 0 bridgehead atoms. The third-order valence-corrected chi connectivity index (χ3v) is 6.17. The second kappa shape index (κ2) is 8.96. The lowest BCUT2D eigenvalue weighted by molar-refractivity contribution is -0.169. The second-order valence-electron chi connectivity index (χ2n) is 7.29. The molecule has 1 amide bonds. The summed E-state index contributed by atoms with van der Waals surface area (Å²) in [5.74, 6) is -0.527. The number of hydrogen-bond donors (Lipinski definition) is 3. The minimum absolute atomic E-state index is 0.111. The molecule has 2 aliphatic heterocycles. The van der Waals surface area contributed by atoms with E-state index >= 15 is 0 Å². The number of amides is 1. The predicted molar refractivity (Wildman–Crippen MR) is 109 cm³/mol. The molecule has 2 heterocycles.